The third-order valence-electron chi connectivity index (χ3n) is 5.24. The predicted molar refractivity (Wildman–Crippen MR) is 120 cm³/mol. The molecule has 8 nitrogen and oxygen atoms in total. The quantitative estimate of drug-likeness (QED) is 0.559. The van der Waals surface area contributed by atoms with Crippen LogP contribution in [0.1, 0.15) is 22.3 Å². The van der Waals surface area contributed by atoms with E-state index in [0.29, 0.717) is 6.42 Å². The summed E-state index contributed by atoms with van der Waals surface area (Å²) >= 11 is 0. The number of rotatable bonds is 8. The van der Waals surface area contributed by atoms with Crippen molar-refractivity contribution in [3.05, 3.63) is 71.6 Å². The molecule has 34 heavy (non-hydrogen) atoms. The average molecular weight is 518 g/mol. The van der Waals surface area contributed by atoms with Gasteiger partial charge in [0, 0.05) is 36.3 Å². The summed E-state index contributed by atoms with van der Waals surface area (Å²) in [5.41, 5.74) is -0.894. The molecule has 0 saturated carbocycles. The van der Waals surface area contributed by atoms with E-state index in [1.54, 1.807) is 0 Å². The summed E-state index contributed by atoms with van der Waals surface area (Å²) in [6.45, 7) is 3.61. The Morgan fingerprint density at radius 2 is 1.79 bits per heavy atom. The summed E-state index contributed by atoms with van der Waals surface area (Å²) in [5.74, 6) is -0.902. The zero-order valence-corrected chi connectivity index (χ0v) is 19.4. The maximum Gasteiger partial charge on any atom is 0.416 e. The van der Waals surface area contributed by atoms with Crippen LogP contribution in [-0.2, 0) is 26.2 Å². The van der Waals surface area contributed by atoms with Crippen LogP contribution in [0.3, 0.4) is 0 Å². The molecule has 1 heterocycles. The van der Waals surface area contributed by atoms with E-state index in [9.17, 15) is 34.8 Å². The molecule has 1 fully saturated rings. The third-order valence-corrected chi connectivity index (χ3v) is 8.13. The van der Waals surface area contributed by atoms with E-state index in [1.807, 2.05) is 0 Å². The first-order valence-corrected chi connectivity index (χ1v) is 13.0. The molecule has 0 unspecified atom stereocenters. The number of alkyl halides is 3. The number of halogens is 3. The lowest BCUT2D eigenvalue weighted by Gasteiger charge is -2.17. The first-order valence-electron chi connectivity index (χ1n) is 10.0. The monoisotopic (exact) mass is 517 g/mol. The van der Waals surface area contributed by atoms with Crippen molar-refractivity contribution in [3.8, 4) is 0 Å². The molecule has 0 spiro atoms. The predicted octanol–water partition coefficient (Wildman–Crippen LogP) is 3.03. The number of nitrogens with one attached hydrogen (secondary N) is 2. The van der Waals surface area contributed by atoms with E-state index in [4.69, 9.17) is 0 Å². The molecule has 184 valence electrons. The van der Waals surface area contributed by atoms with Gasteiger partial charge in [-0.1, -0.05) is 12.6 Å². The Morgan fingerprint density at radius 1 is 1.12 bits per heavy atom. The topological polar surface area (TPSA) is 113 Å². The standard InChI is InChI=1S/C21H22F3N3O5S2/c1-2-33(29,30)25-13-15-10-11-27(14-15)34(31,32)19-8-6-16(7-9-19)20(28)26-18-5-3-4-17(12-18)21(22,23)24/h2-9,12,15,25H,1,10-11,13-14H2,(H,26,28)/t15-/m1/s1. The van der Waals surface area contributed by atoms with Crippen molar-refractivity contribution in [1.82, 2.24) is 9.03 Å². The van der Waals surface area contributed by atoms with Gasteiger partial charge in [0.05, 0.1) is 10.5 Å². The van der Waals surface area contributed by atoms with Gasteiger partial charge in [-0.3, -0.25) is 4.79 Å². The van der Waals surface area contributed by atoms with Gasteiger partial charge < -0.3 is 5.32 Å². The van der Waals surface area contributed by atoms with Crippen molar-refractivity contribution >= 4 is 31.6 Å². The zero-order chi connectivity index (χ0) is 25.1. The van der Waals surface area contributed by atoms with Crippen molar-refractivity contribution in [1.29, 1.82) is 0 Å². The van der Waals surface area contributed by atoms with Crippen LogP contribution >= 0.6 is 0 Å². The van der Waals surface area contributed by atoms with Gasteiger partial charge in [-0.2, -0.15) is 17.5 Å². The molecule has 0 radical (unpaired) electrons. The molecular weight excluding hydrogens is 495 g/mol. The SMILES string of the molecule is C=CS(=O)(=O)NC[C@H]1CCN(S(=O)(=O)c2ccc(C(=O)Nc3cccc(C(F)(F)F)c3)cc2)C1. The number of carbonyl (C=O) groups is 1. The summed E-state index contributed by atoms with van der Waals surface area (Å²) in [4.78, 5) is 12.3. The first-order chi connectivity index (χ1) is 15.8. The Balaban J connectivity index is 1.65. The maximum absolute atomic E-state index is 12.9. The first kappa shape index (κ1) is 25.9. The molecule has 0 aromatic heterocycles. The highest BCUT2D eigenvalue weighted by Crippen LogP contribution is 2.31. The second-order valence-electron chi connectivity index (χ2n) is 7.63. The van der Waals surface area contributed by atoms with Crippen LogP contribution in [0.15, 0.2) is 65.4 Å². The van der Waals surface area contributed by atoms with Crippen LogP contribution in [0, 0.1) is 5.92 Å². The maximum atomic E-state index is 12.9. The number of sulfonamides is 2. The number of anilines is 1. The number of benzene rings is 2. The molecule has 1 atom stereocenters. The molecule has 1 saturated heterocycles. The van der Waals surface area contributed by atoms with Crippen LogP contribution < -0.4 is 10.0 Å². The van der Waals surface area contributed by atoms with Crippen LogP contribution in [0.2, 0.25) is 0 Å². The number of amides is 1. The Bertz CT molecular complexity index is 1280. The molecular formula is C21H22F3N3O5S2. The normalized spacial score (nSPS) is 17.4. The Labute approximate surface area is 195 Å². The Kier molecular flexibility index (Phi) is 7.50. The zero-order valence-electron chi connectivity index (χ0n) is 17.7. The fourth-order valence-corrected chi connectivity index (χ4v) is 5.50. The summed E-state index contributed by atoms with van der Waals surface area (Å²) in [5, 5.41) is 3.14. The van der Waals surface area contributed by atoms with E-state index < -0.39 is 37.7 Å². The van der Waals surface area contributed by atoms with Gasteiger partial charge in [-0.05, 0) is 54.8 Å². The summed E-state index contributed by atoms with van der Waals surface area (Å²) in [7, 11) is -7.48. The van der Waals surface area contributed by atoms with Gasteiger partial charge in [0.1, 0.15) is 0 Å². The third kappa shape index (κ3) is 6.23. The Morgan fingerprint density at radius 3 is 2.41 bits per heavy atom. The van der Waals surface area contributed by atoms with Crippen molar-refractivity contribution in [2.24, 2.45) is 5.92 Å². The van der Waals surface area contributed by atoms with Crippen molar-refractivity contribution in [2.75, 3.05) is 25.0 Å². The van der Waals surface area contributed by atoms with Crippen LogP contribution in [0.25, 0.3) is 0 Å². The van der Waals surface area contributed by atoms with Gasteiger partial charge in [-0.15, -0.1) is 0 Å². The Hall–Kier alpha value is -2.74. The largest absolute Gasteiger partial charge is 0.416 e. The molecule has 0 aliphatic carbocycles. The molecule has 3 rings (SSSR count). The van der Waals surface area contributed by atoms with Crippen molar-refractivity contribution in [3.63, 3.8) is 0 Å². The molecule has 0 bridgehead atoms. The molecule has 2 N–H and O–H groups in total. The van der Waals surface area contributed by atoms with Crippen LogP contribution in [0.5, 0.6) is 0 Å². The minimum atomic E-state index is -4.55. The lowest BCUT2D eigenvalue weighted by atomic mass is 10.1. The molecule has 2 aromatic carbocycles. The van der Waals surface area contributed by atoms with Gasteiger partial charge in [0.15, 0.2) is 0 Å². The fourth-order valence-electron chi connectivity index (χ4n) is 3.38. The number of hydrogen-bond acceptors (Lipinski definition) is 5. The van der Waals surface area contributed by atoms with Crippen molar-refractivity contribution in [2.45, 2.75) is 17.5 Å². The van der Waals surface area contributed by atoms with E-state index in [2.05, 4.69) is 16.6 Å². The van der Waals surface area contributed by atoms with E-state index in [1.165, 1.54) is 40.7 Å². The second-order valence-corrected chi connectivity index (χ2v) is 11.3. The smallest absolute Gasteiger partial charge is 0.322 e. The van der Waals surface area contributed by atoms with E-state index in [0.717, 1.165) is 17.5 Å². The average Bonchev–Trinajstić information content (AvgIpc) is 3.28. The van der Waals surface area contributed by atoms with Gasteiger partial charge >= 0.3 is 6.18 Å². The second kappa shape index (κ2) is 9.86. The number of carbonyl (C=O) groups excluding carboxylic acids is 1. The highest BCUT2D eigenvalue weighted by atomic mass is 32.2. The summed E-state index contributed by atoms with van der Waals surface area (Å²) in [6, 6.07) is 9.17. The van der Waals surface area contributed by atoms with Gasteiger partial charge in [0.2, 0.25) is 20.0 Å². The minimum absolute atomic E-state index is 0.0493. The van der Waals surface area contributed by atoms with Crippen LogP contribution in [-0.4, -0.2) is 46.7 Å². The van der Waals surface area contributed by atoms with E-state index >= 15 is 0 Å². The lowest BCUT2D eigenvalue weighted by molar-refractivity contribution is -0.137. The summed E-state index contributed by atoms with van der Waals surface area (Å²) in [6.07, 6.45) is -4.09. The molecule has 1 aliphatic heterocycles. The minimum Gasteiger partial charge on any atom is -0.322 e. The molecule has 1 amide bonds. The fraction of sp³-hybridized carbons (Fsp3) is 0.286. The van der Waals surface area contributed by atoms with Gasteiger partial charge in [0.25, 0.3) is 5.91 Å². The van der Waals surface area contributed by atoms with Gasteiger partial charge in [-0.25, -0.2) is 21.6 Å². The number of hydrogen-bond donors (Lipinski definition) is 2. The molecule has 1 aliphatic rings. The highest BCUT2D eigenvalue weighted by Gasteiger charge is 2.33. The summed E-state index contributed by atoms with van der Waals surface area (Å²) < 4.78 is 90.9. The van der Waals surface area contributed by atoms with Crippen LogP contribution in [0.4, 0.5) is 18.9 Å². The molecule has 2 aromatic rings. The van der Waals surface area contributed by atoms with E-state index in [-0.39, 0.29) is 41.7 Å². The number of nitrogens with zero attached hydrogens (tertiary/aromatic N) is 1. The van der Waals surface area contributed by atoms with Crippen molar-refractivity contribution < 1.29 is 34.8 Å². The molecule has 13 heteroatoms. The highest BCUT2D eigenvalue weighted by molar-refractivity contribution is 7.92. The lowest BCUT2D eigenvalue weighted by Crippen LogP contribution is -2.32.